The predicted molar refractivity (Wildman–Crippen MR) is 107 cm³/mol. The van der Waals surface area contributed by atoms with Crippen LogP contribution in [0.25, 0.3) is 10.9 Å². The number of hydrogen-bond donors (Lipinski definition) is 2. The fourth-order valence-corrected chi connectivity index (χ4v) is 2.88. The molecule has 0 unspecified atom stereocenters. The number of hydrogen-bond acceptors (Lipinski definition) is 5. The zero-order valence-corrected chi connectivity index (χ0v) is 15.2. The van der Waals surface area contributed by atoms with Crippen molar-refractivity contribution in [2.45, 2.75) is 6.54 Å². The van der Waals surface area contributed by atoms with Gasteiger partial charge in [-0.25, -0.2) is 4.98 Å². The minimum Gasteiger partial charge on any atom is -0.454 e. The summed E-state index contributed by atoms with van der Waals surface area (Å²) in [5.41, 5.74) is 6.47. The molecule has 0 aliphatic carbocycles. The van der Waals surface area contributed by atoms with Gasteiger partial charge < -0.3 is 15.5 Å². The number of furan rings is 1. The van der Waals surface area contributed by atoms with Gasteiger partial charge in [-0.15, -0.1) is 0 Å². The summed E-state index contributed by atoms with van der Waals surface area (Å²) in [5, 5.41) is 3.18. The van der Waals surface area contributed by atoms with Crippen molar-refractivity contribution in [3.63, 3.8) is 0 Å². The van der Waals surface area contributed by atoms with Crippen molar-refractivity contribution in [1.29, 1.82) is 0 Å². The number of nitrogens with one attached hydrogen (secondary N) is 1. The molecule has 2 aromatic heterocycles. The standard InChI is InChI=1S/C21H16N4O4/c22-19(26)13-5-7-14(8-6-13)24-20(27)18-10-9-15(29-18)11-25-12-23-17-4-2-1-3-16(17)21(25)28/h1-10,12H,11H2,(H2,22,26)(H,24,27). The Morgan fingerprint density at radius 3 is 2.55 bits per heavy atom. The molecule has 8 heteroatoms. The highest BCUT2D eigenvalue weighted by molar-refractivity contribution is 6.02. The van der Waals surface area contributed by atoms with Crippen molar-refractivity contribution in [2.24, 2.45) is 5.73 Å². The summed E-state index contributed by atoms with van der Waals surface area (Å²) < 4.78 is 7.00. The molecule has 2 amide bonds. The molecule has 144 valence electrons. The van der Waals surface area contributed by atoms with Crippen LogP contribution in [0.1, 0.15) is 26.7 Å². The highest BCUT2D eigenvalue weighted by Crippen LogP contribution is 2.14. The lowest BCUT2D eigenvalue weighted by Gasteiger charge is -2.05. The zero-order chi connectivity index (χ0) is 20.4. The van der Waals surface area contributed by atoms with E-state index in [1.54, 1.807) is 36.4 Å². The van der Waals surface area contributed by atoms with Gasteiger partial charge in [0.05, 0.1) is 23.8 Å². The summed E-state index contributed by atoms with van der Waals surface area (Å²) >= 11 is 0. The summed E-state index contributed by atoms with van der Waals surface area (Å²) in [6.07, 6.45) is 1.45. The fraction of sp³-hybridized carbons (Fsp3) is 0.0476. The van der Waals surface area contributed by atoms with Gasteiger partial charge in [0.25, 0.3) is 11.5 Å². The Kier molecular flexibility index (Phi) is 4.66. The highest BCUT2D eigenvalue weighted by Gasteiger charge is 2.13. The van der Waals surface area contributed by atoms with Crippen molar-refractivity contribution in [1.82, 2.24) is 9.55 Å². The number of carbonyl (C=O) groups excluding carboxylic acids is 2. The van der Waals surface area contributed by atoms with Gasteiger partial charge >= 0.3 is 0 Å². The maximum Gasteiger partial charge on any atom is 0.291 e. The topological polar surface area (TPSA) is 120 Å². The van der Waals surface area contributed by atoms with E-state index in [1.165, 1.54) is 29.1 Å². The Balaban J connectivity index is 1.49. The highest BCUT2D eigenvalue weighted by atomic mass is 16.4. The van der Waals surface area contributed by atoms with Gasteiger partial charge in [0.2, 0.25) is 5.91 Å². The minimum atomic E-state index is -0.544. The second kappa shape index (κ2) is 7.43. The molecule has 0 saturated heterocycles. The number of aromatic nitrogens is 2. The van der Waals surface area contributed by atoms with Crippen LogP contribution in [0, 0.1) is 0 Å². The summed E-state index contributed by atoms with van der Waals surface area (Å²) in [5.74, 6) is -0.455. The quantitative estimate of drug-likeness (QED) is 0.544. The largest absolute Gasteiger partial charge is 0.454 e. The van der Waals surface area contributed by atoms with Crippen LogP contribution in [-0.2, 0) is 6.54 Å². The molecule has 0 aliphatic heterocycles. The second-order valence-electron chi connectivity index (χ2n) is 6.36. The molecule has 0 spiro atoms. The first-order valence-corrected chi connectivity index (χ1v) is 8.75. The molecule has 2 aromatic carbocycles. The first-order valence-electron chi connectivity index (χ1n) is 8.75. The first kappa shape index (κ1) is 18.2. The van der Waals surface area contributed by atoms with Gasteiger partial charge in [0.1, 0.15) is 5.76 Å². The minimum absolute atomic E-state index is 0.0979. The number of nitrogens with two attached hydrogens (primary N) is 1. The van der Waals surface area contributed by atoms with E-state index in [9.17, 15) is 14.4 Å². The van der Waals surface area contributed by atoms with E-state index in [-0.39, 0.29) is 17.9 Å². The van der Waals surface area contributed by atoms with Crippen molar-refractivity contribution in [2.75, 3.05) is 5.32 Å². The monoisotopic (exact) mass is 388 g/mol. The lowest BCUT2D eigenvalue weighted by molar-refractivity contribution is 0.0990. The number of carbonyl (C=O) groups is 2. The molecule has 0 radical (unpaired) electrons. The Hall–Kier alpha value is -4.20. The van der Waals surface area contributed by atoms with E-state index in [2.05, 4.69) is 10.3 Å². The molecule has 0 atom stereocenters. The number of nitrogens with zero attached hydrogens (tertiary/aromatic N) is 2. The van der Waals surface area contributed by atoms with Gasteiger partial charge in [0, 0.05) is 11.3 Å². The lowest BCUT2D eigenvalue weighted by Crippen LogP contribution is -2.20. The second-order valence-corrected chi connectivity index (χ2v) is 6.36. The molecule has 0 aliphatic rings. The zero-order valence-electron chi connectivity index (χ0n) is 15.2. The van der Waals surface area contributed by atoms with Gasteiger partial charge in [-0.05, 0) is 48.5 Å². The van der Waals surface area contributed by atoms with Crippen LogP contribution in [0.5, 0.6) is 0 Å². The maximum atomic E-state index is 12.6. The van der Waals surface area contributed by atoms with Gasteiger partial charge in [0.15, 0.2) is 5.76 Å². The molecule has 2 heterocycles. The molecule has 0 bridgehead atoms. The van der Waals surface area contributed by atoms with Crippen LogP contribution >= 0.6 is 0 Å². The van der Waals surface area contributed by atoms with E-state index in [0.29, 0.717) is 27.9 Å². The third-order valence-corrected chi connectivity index (χ3v) is 4.37. The molecule has 29 heavy (non-hydrogen) atoms. The van der Waals surface area contributed by atoms with Gasteiger partial charge in [-0.1, -0.05) is 12.1 Å². The number of anilines is 1. The number of fused-ring (bicyclic) bond motifs is 1. The van der Waals surface area contributed by atoms with Crippen LogP contribution in [0.3, 0.4) is 0 Å². The van der Waals surface area contributed by atoms with Crippen LogP contribution in [0.4, 0.5) is 5.69 Å². The predicted octanol–water partition coefficient (Wildman–Crippen LogP) is 2.39. The van der Waals surface area contributed by atoms with E-state index >= 15 is 0 Å². The Labute approximate surface area is 164 Å². The fourth-order valence-electron chi connectivity index (χ4n) is 2.88. The van der Waals surface area contributed by atoms with Crippen LogP contribution < -0.4 is 16.6 Å². The Morgan fingerprint density at radius 2 is 1.79 bits per heavy atom. The van der Waals surface area contributed by atoms with E-state index in [4.69, 9.17) is 10.2 Å². The average Bonchev–Trinajstić information content (AvgIpc) is 3.19. The first-order chi connectivity index (χ1) is 14.0. The number of benzene rings is 2. The third kappa shape index (κ3) is 3.77. The normalized spacial score (nSPS) is 10.8. The smallest absolute Gasteiger partial charge is 0.291 e. The van der Waals surface area contributed by atoms with Crippen LogP contribution in [-0.4, -0.2) is 21.4 Å². The molecule has 8 nitrogen and oxygen atoms in total. The third-order valence-electron chi connectivity index (χ3n) is 4.37. The number of rotatable bonds is 5. The van der Waals surface area contributed by atoms with E-state index in [0.717, 1.165) is 0 Å². The van der Waals surface area contributed by atoms with E-state index < -0.39 is 11.8 Å². The number of primary amides is 1. The molecular weight excluding hydrogens is 372 g/mol. The van der Waals surface area contributed by atoms with Crippen molar-refractivity contribution in [3.05, 3.63) is 94.4 Å². The van der Waals surface area contributed by atoms with Crippen molar-refractivity contribution < 1.29 is 14.0 Å². The summed E-state index contributed by atoms with van der Waals surface area (Å²) in [6, 6.07) is 16.4. The van der Waals surface area contributed by atoms with Crippen LogP contribution in [0.15, 0.2) is 76.2 Å². The van der Waals surface area contributed by atoms with Gasteiger partial charge in [-0.2, -0.15) is 0 Å². The molecule has 4 aromatic rings. The van der Waals surface area contributed by atoms with E-state index in [1.807, 2.05) is 6.07 Å². The summed E-state index contributed by atoms with van der Waals surface area (Å²) in [7, 11) is 0. The SMILES string of the molecule is NC(=O)c1ccc(NC(=O)c2ccc(Cn3cnc4ccccc4c3=O)o2)cc1. The molecular formula is C21H16N4O4. The molecule has 0 fully saturated rings. The van der Waals surface area contributed by atoms with Crippen molar-refractivity contribution in [3.8, 4) is 0 Å². The Morgan fingerprint density at radius 1 is 1.03 bits per heavy atom. The maximum absolute atomic E-state index is 12.6. The molecule has 0 saturated carbocycles. The number of para-hydroxylation sites is 1. The molecule has 3 N–H and O–H groups in total. The van der Waals surface area contributed by atoms with Gasteiger partial charge in [-0.3, -0.25) is 19.0 Å². The number of amides is 2. The average molecular weight is 388 g/mol. The summed E-state index contributed by atoms with van der Waals surface area (Å²) in [6.45, 7) is 0.150. The Bertz CT molecular complexity index is 1270. The summed E-state index contributed by atoms with van der Waals surface area (Å²) in [4.78, 5) is 40.3. The lowest BCUT2D eigenvalue weighted by atomic mass is 10.2. The molecule has 4 rings (SSSR count). The van der Waals surface area contributed by atoms with Crippen LogP contribution in [0.2, 0.25) is 0 Å². The van der Waals surface area contributed by atoms with Crippen molar-refractivity contribution >= 4 is 28.4 Å².